The van der Waals surface area contributed by atoms with E-state index in [9.17, 15) is 43.2 Å². The van der Waals surface area contributed by atoms with Crippen LogP contribution in [-0.4, -0.2) is 96.7 Å². The molecule has 0 rings (SSSR count). The number of phosphoric acid groups is 2. The van der Waals surface area contributed by atoms with Crippen LogP contribution in [0.15, 0.2) is 0 Å². The lowest BCUT2D eigenvalue weighted by Crippen LogP contribution is -2.30. The summed E-state index contributed by atoms with van der Waals surface area (Å²) in [6, 6.07) is 0. The Balaban J connectivity index is 5.25. The Hall–Kier alpha value is -1.94. The molecule has 0 heterocycles. The van der Waals surface area contributed by atoms with Crippen molar-refractivity contribution in [1.29, 1.82) is 0 Å². The lowest BCUT2D eigenvalue weighted by Gasteiger charge is -2.21. The molecule has 0 spiro atoms. The standard InChI is InChI=1S/C81H158O17P2/c1-8-10-11-12-13-14-15-16-17-18-19-22-25-28-33-41-48-55-62-78(83)91-68-76(97-80(85)64-57-50-43-34-29-26-23-20-21-24-27-31-38-45-52-59-72(3)4)70-95-99(87,88)93-66-75(82)67-94-100(89,90)96-71-77(98-81(86)65-58-51-44-35-30-32-39-46-53-60-73(5)6)69-92-79(84)63-56-49-42-37-36-40-47-54-61-74(7)9-2/h72-77,82H,8-71H2,1-7H3,(H,87,88)(H,89,90)/t74?,75-,76-,77-/m1/s1. The number of hydrogen-bond acceptors (Lipinski definition) is 15. The van der Waals surface area contributed by atoms with Gasteiger partial charge in [0, 0.05) is 25.7 Å². The molecule has 594 valence electrons. The molecule has 100 heavy (non-hydrogen) atoms. The first-order valence-electron chi connectivity index (χ1n) is 41.9. The Bertz CT molecular complexity index is 1940. The molecule has 0 aliphatic heterocycles. The van der Waals surface area contributed by atoms with Gasteiger partial charge in [0.1, 0.15) is 19.3 Å². The van der Waals surface area contributed by atoms with E-state index in [0.717, 1.165) is 108 Å². The molecule has 0 aromatic heterocycles. The average molecular weight is 1470 g/mol. The first-order valence-corrected chi connectivity index (χ1v) is 44.9. The molecular formula is C81H158O17P2. The van der Waals surface area contributed by atoms with Crippen LogP contribution in [0.4, 0.5) is 0 Å². The maximum absolute atomic E-state index is 13.1. The van der Waals surface area contributed by atoms with Gasteiger partial charge in [0.05, 0.1) is 26.4 Å². The summed E-state index contributed by atoms with van der Waals surface area (Å²) in [6.45, 7) is 11.9. The number of rotatable bonds is 79. The van der Waals surface area contributed by atoms with Crippen molar-refractivity contribution in [2.45, 2.75) is 439 Å². The molecule has 0 aliphatic carbocycles. The third kappa shape index (κ3) is 73.0. The topological polar surface area (TPSA) is 237 Å². The van der Waals surface area contributed by atoms with E-state index in [-0.39, 0.29) is 25.7 Å². The van der Waals surface area contributed by atoms with E-state index in [1.54, 1.807) is 0 Å². The summed E-state index contributed by atoms with van der Waals surface area (Å²) in [5, 5.41) is 10.6. The van der Waals surface area contributed by atoms with Crippen molar-refractivity contribution in [1.82, 2.24) is 0 Å². The second-order valence-electron chi connectivity index (χ2n) is 30.4. The van der Waals surface area contributed by atoms with Crippen LogP contribution in [-0.2, 0) is 65.4 Å². The third-order valence-electron chi connectivity index (χ3n) is 19.2. The largest absolute Gasteiger partial charge is 0.472 e. The Morgan fingerprint density at radius 1 is 0.290 bits per heavy atom. The molecular weight excluding hydrogens is 1310 g/mol. The fourth-order valence-electron chi connectivity index (χ4n) is 12.5. The summed E-state index contributed by atoms with van der Waals surface area (Å²) < 4.78 is 68.7. The molecule has 0 aromatic rings. The molecule has 0 saturated heterocycles. The van der Waals surface area contributed by atoms with Crippen molar-refractivity contribution in [3.05, 3.63) is 0 Å². The van der Waals surface area contributed by atoms with Crippen LogP contribution in [0.1, 0.15) is 421 Å². The van der Waals surface area contributed by atoms with Gasteiger partial charge in [-0.2, -0.15) is 0 Å². The molecule has 0 aromatic carbocycles. The van der Waals surface area contributed by atoms with Crippen LogP contribution < -0.4 is 0 Å². The second-order valence-corrected chi connectivity index (χ2v) is 33.3. The summed E-state index contributed by atoms with van der Waals surface area (Å²) in [4.78, 5) is 73.0. The minimum atomic E-state index is -4.96. The van der Waals surface area contributed by atoms with Crippen molar-refractivity contribution >= 4 is 39.5 Å². The number of esters is 4. The van der Waals surface area contributed by atoms with Crippen molar-refractivity contribution in [2.75, 3.05) is 39.6 Å². The highest BCUT2D eigenvalue weighted by atomic mass is 31.2. The normalized spacial score (nSPS) is 14.2. The molecule has 6 atom stereocenters. The lowest BCUT2D eigenvalue weighted by molar-refractivity contribution is -0.161. The Labute approximate surface area is 613 Å². The Morgan fingerprint density at radius 3 is 0.760 bits per heavy atom. The zero-order valence-electron chi connectivity index (χ0n) is 65.7. The first-order chi connectivity index (χ1) is 48.3. The van der Waals surface area contributed by atoms with Crippen LogP contribution in [0, 0.1) is 17.8 Å². The predicted molar refractivity (Wildman–Crippen MR) is 409 cm³/mol. The van der Waals surface area contributed by atoms with Crippen molar-refractivity contribution in [3.8, 4) is 0 Å². The van der Waals surface area contributed by atoms with Gasteiger partial charge in [0.25, 0.3) is 0 Å². The molecule has 3 N–H and O–H groups in total. The van der Waals surface area contributed by atoms with E-state index in [1.165, 1.54) is 231 Å². The van der Waals surface area contributed by atoms with Gasteiger partial charge in [-0.15, -0.1) is 0 Å². The van der Waals surface area contributed by atoms with Gasteiger partial charge < -0.3 is 33.8 Å². The number of aliphatic hydroxyl groups excluding tert-OH is 1. The van der Waals surface area contributed by atoms with Crippen LogP contribution in [0.2, 0.25) is 0 Å². The summed E-state index contributed by atoms with van der Waals surface area (Å²) >= 11 is 0. The van der Waals surface area contributed by atoms with Crippen molar-refractivity contribution < 1.29 is 80.2 Å². The highest BCUT2D eigenvalue weighted by Gasteiger charge is 2.30. The van der Waals surface area contributed by atoms with Crippen LogP contribution >= 0.6 is 15.6 Å². The van der Waals surface area contributed by atoms with Gasteiger partial charge in [-0.25, -0.2) is 9.13 Å². The number of carbonyl (C=O) groups excluding carboxylic acids is 4. The van der Waals surface area contributed by atoms with E-state index < -0.39 is 97.5 Å². The number of aliphatic hydroxyl groups is 1. The van der Waals surface area contributed by atoms with E-state index >= 15 is 0 Å². The first kappa shape index (κ1) is 98.1. The highest BCUT2D eigenvalue weighted by molar-refractivity contribution is 7.47. The van der Waals surface area contributed by atoms with E-state index in [4.69, 9.17) is 37.0 Å². The van der Waals surface area contributed by atoms with Crippen LogP contribution in [0.3, 0.4) is 0 Å². The number of phosphoric ester groups is 2. The number of unbranched alkanes of at least 4 members (excludes halogenated alkanes) is 46. The maximum Gasteiger partial charge on any atom is 0.472 e. The second kappa shape index (κ2) is 71.3. The summed E-state index contributed by atoms with van der Waals surface area (Å²) in [6.07, 6.45) is 59.6. The van der Waals surface area contributed by atoms with Gasteiger partial charge in [-0.05, 0) is 43.4 Å². The van der Waals surface area contributed by atoms with Gasteiger partial charge in [0.15, 0.2) is 12.2 Å². The van der Waals surface area contributed by atoms with Gasteiger partial charge >= 0.3 is 39.5 Å². The van der Waals surface area contributed by atoms with Gasteiger partial charge in [-0.3, -0.25) is 37.3 Å². The van der Waals surface area contributed by atoms with E-state index in [1.807, 2.05) is 0 Å². The van der Waals surface area contributed by atoms with Crippen molar-refractivity contribution in [3.63, 3.8) is 0 Å². The van der Waals surface area contributed by atoms with Crippen molar-refractivity contribution in [2.24, 2.45) is 17.8 Å². The summed E-state index contributed by atoms with van der Waals surface area (Å²) in [5.41, 5.74) is 0. The molecule has 0 fully saturated rings. The SMILES string of the molecule is CCCCCCCCCCCCCCCCCCCCC(=O)OC[C@H](COP(=O)(O)OC[C@@H](O)COP(=O)(O)OC[C@@H](COC(=O)CCCCCCCCCCC(C)CC)OC(=O)CCCCCCCCCCCC(C)C)OC(=O)CCCCCCCCCCCCCCCCCC(C)C. The Morgan fingerprint density at radius 2 is 0.510 bits per heavy atom. The molecule has 17 nitrogen and oxygen atoms in total. The minimum absolute atomic E-state index is 0.105. The monoisotopic (exact) mass is 1470 g/mol. The smallest absolute Gasteiger partial charge is 0.462 e. The van der Waals surface area contributed by atoms with Gasteiger partial charge in [0.2, 0.25) is 0 Å². The molecule has 0 bridgehead atoms. The molecule has 0 aliphatic rings. The van der Waals surface area contributed by atoms with E-state index in [2.05, 4.69) is 48.5 Å². The number of ether oxygens (including phenoxy) is 4. The fourth-order valence-corrected chi connectivity index (χ4v) is 14.0. The average Bonchev–Trinajstić information content (AvgIpc) is 1.81. The molecule has 19 heteroatoms. The lowest BCUT2D eigenvalue weighted by atomic mass is 9.99. The maximum atomic E-state index is 13.1. The van der Waals surface area contributed by atoms with Crippen LogP contribution in [0.5, 0.6) is 0 Å². The molecule has 0 saturated carbocycles. The summed E-state index contributed by atoms with van der Waals surface area (Å²) in [5.74, 6) is 0.205. The quantitative estimate of drug-likeness (QED) is 0.0222. The molecule has 0 amide bonds. The third-order valence-corrected chi connectivity index (χ3v) is 21.1. The summed E-state index contributed by atoms with van der Waals surface area (Å²) in [7, 11) is -9.92. The fraction of sp³-hybridized carbons (Fsp3) is 0.951. The van der Waals surface area contributed by atoms with Crippen LogP contribution in [0.25, 0.3) is 0 Å². The highest BCUT2D eigenvalue weighted by Crippen LogP contribution is 2.45. The molecule has 0 radical (unpaired) electrons. The minimum Gasteiger partial charge on any atom is -0.462 e. The Kier molecular flexibility index (Phi) is 69.9. The molecule has 3 unspecified atom stereocenters. The predicted octanol–water partition coefficient (Wildman–Crippen LogP) is 24.1. The zero-order valence-corrected chi connectivity index (χ0v) is 67.5. The van der Waals surface area contributed by atoms with Gasteiger partial charge in [-0.1, -0.05) is 370 Å². The number of hydrogen-bond donors (Lipinski definition) is 3. The zero-order chi connectivity index (χ0) is 73.7. The van der Waals surface area contributed by atoms with E-state index in [0.29, 0.717) is 25.7 Å². The number of carbonyl (C=O) groups is 4.